The standard InChI is InChI=1S/C24H32N2O7S/c1-34(32,33)25-12-2-3-17-4-7-19(8-5-17)26-21(14-23(26)30)20-9-6-18(13-22(20)29)10-11-24(31,15-27)16-28/h4-9,13,21,25,27-29,31H,2-3,10-12,14-16H2,1H3. The fraction of sp³-hybridized carbons (Fsp3) is 0.458. The van der Waals surface area contributed by atoms with E-state index in [1.54, 1.807) is 23.1 Å². The topological polar surface area (TPSA) is 147 Å². The average molecular weight is 493 g/mol. The van der Waals surface area contributed by atoms with Gasteiger partial charge in [-0.05, 0) is 55.0 Å². The molecule has 1 atom stereocenters. The van der Waals surface area contributed by atoms with Crippen LogP contribution in [0.1, 0.15) is 42.0 Å². The zero-order chi connectivity index (χ0) is 24.9. The van der Waals surface area contributed by atoms with Gasteiger partial charge in [0.05, 0.1) is 31.9 Å². The Labute approximate surface area is 199 Å². The highest BCUT2D eigenvalue weighted by molar-refractivity contribution is 7.88. The second-order valence-electron chi connectivity index (χ2n) is 8.85. The van der Waals surface area contributed by atoms with Gasteiger partial charge in [-0.15, -0.1) is 0 Å². The molecule has 9 nitrogen and oxygen atoms in total. The van der Waals surface area contributed by atoms with Crippen LogP contribution in [0, 0.1) is 0 Å². The Morgan fingerprint density at radius 1 is 1.06 bits per heavy atom. The number of nitrogens with zero attached hydrogens (tertiary/aromatic N) is 1. The molecule has 1 fully saturated rings. The molecule has 5 N–H and O–H groups in total. The molecule has 2 aromatic carbocycles. The maximum Gasteiger partial charge on any atom is 0.230 e. The fourth-order valence-electron chi connectivity index (χ4n) is 3.97. The SMILES string of the molecule is CS(=O)(=O)NCCCc1ccc(N2C(=O)CC2c2ccc(CCC(O)(CO)CO)cc2O)cc1. The molecule has 186 valence electrons. The summed E-state index contributed by atoms with van der Waals surface area (Å²) < 4.78 is 24.7. The third kappa shape index (κ3) is 6.55. The second kappa shape index (κ2) is 10.8. The van der Waals surface area contributed by atoms with Crippen LogP contribution in [0.2, 0.25) is 0 Å². The molecule has 0 bridgehead atoms. The van der Waals surface area contributed by atoms with E-state index in [0.717, 1.165) is 23.1 Å². The summed E-state index contributed by atoms with van der Waals surface area (Å²) in [5.74, 6) is 0.000989. The zero-order valence-electron chi connectivity index (χ0n) is 19.1. The summed E-state index contributed by atoms with van der Waals surface area (Å²) >= 11 is 0. The number of β-lactam (4-membered cyclic amide) rings is 1. The number of aromatic hydroxyl groups is 1. The number of carbonyl (C=O) groups is 1. The lowest BCUT2D eigenvalue weighted by Gasteiger charge is -2.41. The van der Waals surface area contributed by atoms with Crippen LogP contribution in [0.25, 0.3) is 0 Å². The number of hydrogen-bond acceptors (Lipinski definition) is 7. The highest BCUT2D eigenvalue weighted by Crippen LogP contribution is 2.42. The van der Waals surface area contributed by atoms with E-state index in [1.807, 2.05) is 24.3 Å². The monoisotopic (exact) mass is 492 g/mol. The molecule has 2 aromatic rings. The molecular weight excluding hydrogens is 460 g/mol. The highest BCUT2D eigenvalue weighted by Gasteiger charge is 2.39. The van der Waals surface area contributed by atoms with Crippen LogP contribution in [0.15, 0.2) is 42.5 Å². The predicted molar refractivity (Wildman–Crippen MR) is 128 cm³/mol. The van der Waals surface area contributed by atoms with Crippen molar-refractivity contribution < 1.29 is 33.6 Å². The van der Waals surface area contributed by atoms with Gasteiger partial charge in [0, 0.05) is 17.8 Å². The molecule has 1 aliphatic heterocycles. The lowest BCUT2D eigenvalue weighted by molar-refractivity contribution is -0.124. The first-order valence-electron chi connectivity index (χ1n) is 11.2. The first-order valence-corrected chi connectivity index (χ1v) is 13.1. The summed E-state index contributed by atoms with van der Waals surface area (Å²) in [6.45, 7) is -0.742. The molecule has 0 spiro atoms. The van der Waals surface area contributed by atoms with Gasteiger partial charge in [0.25, 0.3) is 0 Å². The lowest BCUT2D eigenvalue weighted by atomic mass is 9.90. The molecule has 1 amide bonds. The number of aliphatic hydroxyl groups excluding tert-OH is 2. The number of rotatable bonds is 12. The first-order chi connectivity index (χ1) is 16.0. The summed E-state index contributed by atoms with van der Waals surface area (Å²) in [7, 11) is -3.20. The fourth-order valence-corrected chi connectivity index (χ4v) is 4.49. The van der Waals surface area contributed by atoms with Crippen molar-refractivity contribution in [3.05, 3.63) is 59.2 Å². The van der Waals surface area contributed by atoms with Crippen LogP contribution in [0.4, 0.5) is 5.69 Å². The maximum absolute atomic E-state index is 12.4. The number of aliphatic hydroxyl groups is 3. The molecule has 1 saturated heterocycles. The molecule has 1 unspecified atom stereocenters. The first kappa shape index (κ1) is 26.1. The highest BCUT2D eigenvalue weighted by atomic mass is 32.2. The number of benzene rings is 2. The van der Waals surface area contributed by atoms with Crippen molar-refractivity contribution in [3.63, 3.8) is 0 Å². The van der Waals surface area contributed by atoms with E-state index in [9.17, 15) is 33.6 Å². The van der Waals surface area contributed by atoms with Crippen molar-refractivity contribution in [2.24, 2.45) is 0 Å². The Morgan fingerprint density at radius 2 is 1.71 bits per heavy atom. The number of nitrogens with one attached hydrogen (secondary N) is 1. The summed E-state index contributed by atoms with van der Waals surface area (Å²) in [6.07, 6.45) is 3.27. The number of amides is 1. The quantitative estimate of drug-likeness (QED) is 0.219. The summed E-state index contributed by atoms with van der Waals surface area (Å²) in [5, 5.41) is 39.0. The van der Waals surface area contributed by atoms with E-state index in [-0.39, 0.29) is 30.5 Å². The maximum atomic E-state index is 12.4. The van der Waals surface area contributed by atoms with Gasteiger partial charge in [-0.3, -0.25) is 4.79 Å². The van der Waals surface area contributed by atoms with Crippen molar-refractivity contribution in [1.29, 1.82) is 0 Å². The molecular formula is C24H32N2O7S. The van der Waals surface area contributed by atoms with Crippen LogP contribution in [-0.2, 0) is 27.7 Å². The van der Waals surface area contributed by atoms with E-state index in [1.165, 1.54) is 0 Å². The van der Waals surface area contributed by atoms with Gasteiger partial charge in [0.1, 0.15) is 11.4 Å². The van der Waals surface area contributed by atoms with Crippen molar-refractivity contribution in [2.45, 2.75) is 43.7 Å². The third-order valence-electron chi connectivity index (χ3n) is 6.09. The number of phenols is 1. The van der Waals surface area contributed by atoms with E-state index in [2.05, 4.69) is 4.72 Å². The lowest BCUT2D eigenvalue weighted by Crippen LogP contribution is -2.46. The Morgan fingerprint density at radius 3 is 2.26 bits per heavy atom. The van der Waals surface area contributed by atoms with Crippen molar-refractivity contribution >= 4 is 21.6 Å². The smallest absolute Gasteiger partial charge is 0.230 e. The number of hydrogen-bond donors (Lipinski definition) is 5. The number of carbonyl (C=O) groups excluding carboxylic acids is 1. The molecule has 0 aromatic heterocycles. The van der Waals surface area contributed by atoms with Gasteiger partial charge < -0.3 is 25.3 Å². The second-order valence-corrected chi connectivity index (χ2v) is 10.7. The molecule has 10 heteroatoms. The number of phenolic OH excluding ortho intramolecular Hbond substituents is 1. The van der Waals surface area contributed by atoms with E-state index in [4.69, 9.17) is 0 Å². The van der Waals surface area contributed by atoms with Gasteiger partial charge in [0.2, 0.25) is 15.9 Å². The Balaban J connectivity index is 1.63. The summed E-state index contributed by atoms with van der Waals surface area (Å²) in [4.78, 5) is 14.0. The average Bonchev–Trinajstić information content (AvgIpc) is 2.79. The van der Waals surface area contributed by atoms with Crippen LogP contribution >= 0.6 is 0 Å². The molecule has 0 aliphatic carbocycles. The minimum absolute atomic E-state index is 0.0467. The van der Waals surface area contributed by atoms with Crippen LogP contribution < -0.4 is 9.62 Å². The third-order valence-corrected chi connectivity index (χ3v) is 6.82. The molecule has 0 saturated carbocycles. The van der Waals surface area contributed by atoms with Gasteiger partial charge >= 0.3 is 0 Å². The predicted octanol–water partition coefficient (Wildman–Crippen LogP) is 1.00. The van der Waals surface area contributed by atoms with Crippen molar-refractivity contribution in [2.75, 3.05) is 30.9 Å². The largest absolute Gasteiger partial charge is 0.508 e. The van der Waals surface area contributed by atoms with E-state index in [0.29, 0.717) is 31.4 Å². The molecule has 3 rings (SSSR count). The molecule has 1 aliphatic rings. The van der Waals surface area contributed by atoms with Gasteiger partial charge in [-0.25, -0.2) is 13.1 Å². The normalized spacial score (nSPS) is 16.5. The van der Waals surface area contributed by atoms with Crippen molar-refractivity contribution in [3.8, 4) is 5.75 Å². The van der Waals surface area contributed by atoms with E-state index < -0.39 is 28.8 Å². The Kier molecular flexibility index (Phi) is 8.32. The summed E-state index contributed by atoms with van der Waals surface area (Å²) in [6, 6.07) is 12.4. The molecule has 0 radical (unpaired) electrons. The number of aryl methyl sites for hydroxylation is 2. The number of sulfonamides is 1. The van der Waals surface area contributed by atoms with Crippen LogP contribution in [-0.4, -0.2) is 66.4 Å². The minimum Gasteiger partial charge on any atom is -0.508 e. The van der Waals surface area contributed by atoms with Gasteiger partial charge in [-0.2, -0.15) is 0 Å². The van der Waals surface area contributed by atoms with Crippen LogP contribution in [0.3, 0.4) is 0 Å². The zero-order valence-corrected chi connectivity index (χ0v) is 20.0. The Hall–Kier alpha value is -2.50. The molecule has 1 heterocycles. The number of anilines is 1. The van der Waals surface area contributed by atoms with Crippen molar-refractivity contribution in [1.82, 2.24) is 4.72 Å². The molecule has 34 heavy (non-hydrogen) atoms. The van der Waals surface area contributed by atoms with Gasteiger partial charge in [0.15, 0.2) is 0 Å². The Bertz CT molecular complexity index is 1100. The summed E-state index contributed by atoms with van der Waals surface area (Å²) in [5.41, 5.74) is 1.55. The van der Waals surface area contributed by atoms with Gasteiger partial charge in [-0.1, -0.05) is 24.3 Å². The minimum atomic E-state index is -3.20. The van der Waals surface area contributed by atoms with E-state index >= 15 is 0 Å². The van der Waals surface area contributed by atoms with Crippen LogP contribution in [0.5, 0.6) is 5.75 Å².